The van der Waals surface area contributed by atoms with Gasteiger partial charge in [0.05, 0.1) is 21.8 Å². The van der Waals surface area contributed by atoms with Gasteiger partial charge in [0.25, 0.3) is 5.91 Å². The van der Waals surface area contributed by atoms with E-state index in [2.05, 4.69) is 10.3 Å². The van der Waals surface area contributed by atoms with Crippen molar-refractivity contribution in [3.8, 4) is 11.3 Å². The Balaban J connectivity index is 1.39. The van der Waals surface area contributed by atoms with Crippen LogP contribution in [0.15, 0.2) is 70.1 Å². The summed E-state index contributed by atoms with van der Waals surface area (Å²) >= 11 is 13.8. The summed E-state index contributed by atoms with van der Waals surface area (Å²) in [7, 11) is 0. The number of carbonyl (C=O) groups is 1. The lowest BCUT2D eigenvalue weighted by Gasteiger charge is -2.12. The molecule has 0 saturated carbocycles. The Morgan fingerprint density at radius 1 is 1.03 bits per heavy atom. The first kappa shape index (κ1) is 22.9. The van der Waals surface area contributed by atoms with Gasteiger partial charge in [0.2, 0.25) is 0 Å². The molecule has 2 aromatic carbocycles. The maximum absolute atomic E-state index is 13.2. The van der Waals surface area contributed by atoms with Gasteiger partial charge in [0.15, 0.2) is 0 Å². The Morgan fingerprint density at radius 2 is 1.85 bits per heavy atom. The van der Waals surface area contributed by atoms with Crippen molar-refractivity contribution in [2.45, 2.75) is 32.2 Å². The molecule has 1 N–H and O–H groups in total. The normalized spacial score (nSPS) is 13.2. The second kappa shape index (κ2) is 10.2. The predicted molar refractivity (Wildman–Crippen MR) is 140 cm³/mol. The smallest absolute Gasteiger partial charge is 0.254 e. The molecule has 34 heavy (non-hydrogen) atoms. The molecule has 4 aromatic rings. The van der Waals surface area contributed by atoms with Crippen LogP contribution in [0, 0.1) is 0 Å². The first-order valence-corrected chi connectivity index (χ1v) is 12.7. The maximum Gasteiger partial charge on any atom is 0.254 e. The fraction of sp³-hybridized carbons (Fsp3) is 0.185. The molecule has 0 bridgehead atoms. The summed E-state index contributed by atoms with van der Waals surface area (Å²) in [4.78, 5) is 19.2. The monoisotopic (exact) mass is 508 g/mol. The molecule has 0 unspecified atom stereocenters. The fourth-order valence-electron chi connectivity index (χ4n) is 4.09. The third-order valence-electron chi connectivity index (χ3n) is 5.82. The molecule has 1 amide bonds. The summed E-state index contributed by atoms with van der Waals surface area (Å²) in [5.41, 5.74) is 3.74. The number of benzene rings is 2. The summed E-state index contributed by atoms with van der Waals surface area (Å²) < 4.78 is 5.95. The zero-order chi connectivity index (χ0) is 23.5. The van der Waals surface area contributed by atoms with Crippen LogP contribution in [0.25, 0.3) is 11.3 Å². The van der Waals surface area contributed by atoms with E-state index < -0.39 is 0 Å². The van der Waals surface area contributed by atoms with Crippen molar-refractivity contribution in [1.82, 2.24) is 5.32 Å². The largest absolute Gasteiger partial charge is 0.455 e. The summed E-state index contributed by atoms with van der Waals surface area (Å²) in [6.45, 7) is 0.485. The molecule has 172 valence electrons. The number of fused-ring (bicyclic) bond motifs is 1. The molecule has 0 radical (unpaired) electrons. The van der Waals surface area contributed by atoms with Crippen LogP contribution in [-0.2, 0) is 19.4 Å². The van der Waals surface area contributed by atoms with E-state index in [-0.39, 0.29) is 5.91 Å². The van der Waals surface area contributed by atoms with E-state index in [1.165, 1.54) is 4.88 Å². The van der Waals surface area contributed by atoms with Crippen LogP contribution in [0.1, 0.15) is 45.0 Å². The number of aryl methyl sites for hydroxylation is 1. The lowest BCUT2D eigenvalue weighted by Crippen LogP contribution is -2.24. The molecule has 2 aromatic heterocycles. The van der Waals surface area contributed by atoms with Crippen LogP contribution in [0.3, 0.4) is 0 Å². The van der Waals surface area contributed by atoms with Gasteiger partial charge >= 0.3 is 0 Å². The Hall–Kier alpha value is -2.86. The predicted octanol–water partition coefficient (Wildman–Crippen LogP) is 7.87. The number of rotatable bonds is 6. The van der Waals surface area contributed by atoms with E-state index in [0.29, 0.717) is 33.7 Å². The number of nitrogens with one attached hydrogen (secondary N) is 1. The van der Waals surface area contributed by atoms with Crippen molar-refractivity contribution in [2.75, 3.05) is 0 Å². The summed E-state index contributed by atoms with van der Waals surface area (Å²) in [6, 6.07) is 19.0. The highest BCUT2D eigenvalue weighted by molar-refractivity contribution is 7.16. The number of hydrogen-bond donors (Lipinski definition) is 1. The number of nitrogens with zero attached hydrogens (tertiary/aromatic N) is 1. The number of amides is 1. The topological polar surface area (TPSA) is 54.6 Å². The standard InChI is InChI=1S/C27H22Cl2N2O2S/c28-21-12-10-18(14-22(21)29)23-13-11-19(33-23)16-31-27-25(20-8-4-5-9-24(20)34-27)26(32)30-15-17-6-2-1-3-7-17/h1-3,6-7,10-14,16H,4-5,8-9,15H2,(H,30,32)/b31-16-. The fourth-order valence-corrected chi connectivity index (χ4v) is 5.62. The van der Waals surface area contributed by atoms with Gasteiger partial charge in [0.1, 0.15) is 16.5 Å². The number of halogens is 2. The molecular weight excluding hydrogens is 487 g/mol. The number of thiophene rings is 1. The number of aliphatic imine (C=N–C) groups is 1. The first-order valence-electron chi connectivity index (χ1n) is 11.1. The molecule has 5 rings (SSSR count). The van der Waals surface area contributed by atoms with Crippen LogP contribution in [0.2, 0.25) is 10.0 Å². The molecule has 7 heteroatoms. The van der Waals surface area contributed by atoms with Gasteiger partial charge in [-0.3, -0.25) is 4.79 Å². The van der Waals surface area contributed by atoms with Crippen LogP contribution in [-0.4, -0.2) is 12.1 Å². The molecule has 1 aliphatic carbocycles. The number of hydrogen-bond acceptors (Lipinski definition) is 4. The van der Waals surface area contributed by atoms with Gasteiger partial charge in [-0.1, -0.05) is 53.5 Å². The highest BCUT2D eigenvalue weighted by atomic mass is 35.5. The van der Waals surface area contributed by atoms with Crippen molar-refractivity contribution in [3.63, 3.8) is 0 Å². The van der Waals surface area contributed by atoms with E-state index in [4.69, 9.17) is 27.6 Å². The Labute approximate surface area is 212 Å². The SMILES string of the molecule is O=C(NCc1ccccc1)c1c(/N=C\c2ccc(-c3ccc(Cl)c(Cl)c3)o2)sc2c1CCCC2. The summed E-state index contributed by atoms with van der Waals surface area (Å²) in [5, 5.41) is 4.77. The van der Waals surface area contributed by atoms with Gasteiger partial charge in [-0.2, -0.15) is 0 Å². The highest BCUT2D eigenvalue weighted by Gasteiger charge is 2.25. The van der Waals surface area contributed by atoms with Crippen molar-refractivity contribution in [1.29, 1.82) is 0 Å². The van der Waals surface area contributed by atoms with Gasteiger partial charge in [-0.15, -0.1) is 11.3 Å². The minimum Gasteiger partial charge on any atom is -0.455 e. The second-order valence-electron chi connectivity index (χ2n) is 8.15. The molecule has 1 aliphatic rings. The molecule has 4 nitrogen and oxygen atoms in total. The highest BCUT2D eigenvalue weighted by Crippen LogP contribution is 2.40. The van der Waals surface area contributed by atoms with Crippen LogP contribution in [0.4, 0.5) is 5.00 Å². The Bertz CT molecular complexity index is 1360. The Morgan fingerprint density at radius 3 is 2.68 bits per heavy atom. The quantitative estimate of drug-likeness (QED) is 0.269. The van der Waals surface area contributed by atoms with Crippen LogP contribution >= 0.6 is 34.5 Å². The maximum atomic E-state index is 13.2. The Kier molecular flexibility index (Phi) is 6.86. The van der Waals surface area contributed by atoms with Crippen LogP contribution in [0.5, 0.6) is 0 Å². The summed E-state index contributed by atoms with van der Waals surface area (Å²) in [6.07, 6.45) is 5.82. The lowest BCUT2D eigenvalue weighted by molar-refractivity contribution is 0.0951. The molecular formula is C27H22Cl2N2O2S. The van der Waals surface area contributed by atoms with E-state index in [9.17, 15) is 4.79 Å². The third kappa shape index (κ3) is 4.97. The third-order valence-corrected chi connectivity index (χ3v) is 7.75. The average Bonchev–Trinajstić information content (AvgIpc) is 3.48. The van der Waals surface area contributed by atoms with Crippen molar-refractivity contribution < 1.29 is 9.21 Å². The minimum absolute atomic E-state index is 0.0775. The van der Waals surface area contributed by atoms with E-state index in [1.54, 1.807) is 29.7 Å². The first-order chi connectivity index (χ1) is 16.6. The van der Waals surface area contributed by atoms with Crippen molar-refractivity contribution in [2.24, 2.45) is 4.99 Å². The van der Waals surface area contributed by atoms with E-state index in [1.807, 2.05) is 48.5 Å². The molecule has 0 aliphatic heterocycles. The van der Waals surface area contributed by atoms with Gasteiger partial charge in [0, 0.05) is 17.0 Å². The molecule has 0 atom stereocenters. The minimum atomic E-state index is -0.0775. The molecule has 0 fully saturated rings. The lowest BCUT2D eigenvalue weighted by atomic mass is 9.95. The number of furan rings is 1. The van der Waals surface area contributed by atoms with Crippen molar-refractivity contribution >= 4 is 51.7 Å². The molecule has 0 spiro atoms. The van der Waals surface area contributed by atoms with E-state index in [0.717, 1.165) is 47.4 Å². The van der Waals surface area contributed by atoms with E-state index >= 15 is 0 Å². The van der Waals surface area contributed by atoms with Crippen LogP contribution < -0.4 is 5.32 Å². The zero-order valence-electron chi connectivity index (χ0n) is 18.3. The van der Waals surface area contributed by atoms with Gasteiger partial charge < -0.3 is 9.73 Å². The molecule has 2 heterocycles. The summed E-state index contributed by atoms with van der Waals surface area (Å²) in [5.74, 6) is 1.20. The zero-order valence-corrected chi connectivity index (χ0v) is 20.6. The van der Waals surface area contributed by atoms with Gasteiger partial charge in [-0.05, 0) is 67.1 Å². The molecule has 0 saturated heterocycles. The van der Waals surface area contributed by atoms with Gasteiger partial charge in [-0.25, -0.2) is 4.99 Å². The number of carbonyl (C=O) groups excluding carboxylic acids is 1. The van der Waals surface area contributed by atoms with Crippen molar-refractivity contribution in [3.05, 3.63) is 98.0 Å². The average molecular weight is 509 g/mol. The second-order valence-corrected chi connectivity index (χ2v) is 10.0.